The molecule has 1 aliphatic carbocycles. The van der Waals surface area contributed by atoms with Crippen LogP contribution in [0.4, 0.5) is 19.1 Å². The Bertz CT molecular complexity index is 1390. The highest BCUT2D eigenvalue weighted by molar-refractivity contribution is 5.77. The van der Waals surface area contributed by atoms with Crippen LogP contribution in [0.5, 0.6) is 5.88 Å². The number of hydrogen-bond donors (Lipinski definition) is 2. The summed E-state index contributed by atoms with van der Waals surface area (Å²) in [4.78, 5) is 17.4. The molecule has 38 heavy (non-hydrogen) atoms. The lowest BCUT2D eigenvalue weighted by atomic mass is 9.75. The van der Waals surface area contributed by atoms with E-state index in [-0.39, 0.29) is 31.3 Å². The van der Waals surface area contributed by atoms with Crippen molar-refractivity contribution in [2.45, 2.75) is 50.4 Å². The number of halogens is 3. The summed E-state index contributed by atoms with van der Waals surface area (Å²) in [6.45, 7) is 2.35. The van der Waals surface area contributed by atoms with E-state index in [0.29, 0.717) is 28.9 Å². The Balaban J connectivity index is 1.47. The monoisotopic (exact) mass is 534 g/mol. The van der Waals surface area contributed by atoms with Crippen molar-refractivity contribution in [2.24, 2.45) is 0 Å². The lowest BCUT2D eigenvalue weighted by Gasteiger charge is -2.34. The van der Waals surface area contributed by atoms with Gasteiger partial charge in [0.15, 0.2) is 0 Å². The number of fused-ring (bicyclic) bond motifs is 2. The minimum atomic E-state index is -1.42. The quantitative estimate of drug-likeness (QED) is 0.471. The summed E-state index contributed by atoms with van der Waals surface area (Å²) in [7, 11) is 1.40. The van der Waals surface area contributed by atoms with Crippen molar-refractivity contribution in [3.63, 3.8) is 0 Å². The van der Waals surface area contributed by atoms with E-state index in [1.165, 1.54) is 27.4 Å². The smallest absolute Gasteiger partial charge is 0.248 e. The summed E-state index contributed by atoms with van der Waals surface area (Å²) in [6, 6.07) is -1.21. The van der Waals surface area contributed by atoms with Crippen LogP contribution in [0.1, 0.15) is 43.3 Å². The van der Waals surface area contributed by atoms with E-state index in [0.717, 1.165) is 0 Å². The average Bonchev–Trinajstić information content (AvgIpc) is 3.48. The predicted molar refractivity (Wildman–Crippen MR) is 131 cm³/mol. The Hall–Kier alpha value is -3.68. The number of hydrogen-bond acceptors (Lipinski definition) is 8. The maximum atomic E-state index is 15.6. The minimum absolute atomic E-state index is 0.0381. The largest absolute Gasteiger partial charge is 0.479 e. The summed E-state index contributed by atoms with van der Waals surface area (Å²) >= 11 is 0. The molecule has 1 aliphatic heterocycles. The summed E-state index contributed by atoms with van der Waals surface area (Å²) < 4.78 is 52.1. The lowest BCUT2D eigenvalue weighted by Crippen LogP contribution is -2.50. The number of methoxy groups -OCH3 is 1. The fraction of sp³-hybridized carbons (Fsp3) is 0.542. The predicted octanol–water partition coefficient (Wildman–Crippen LogP) is 1.87. The number of carbonyl (C=O) groups excluding carboxylic acids is 1. The highest BCUT2D eigenvalue weighted by atomic mass is 19.1. The van der Waals surface area contributed by atoms with E-state index < -0.39 is 48.7 Å². The van der Waals surface area contributed by atoms with Crippen LogP contribution in [0.15, 0.2) is 12.3 Å². The number of aromatic nitrogens is 6. The molecular formula is C24H29F3N8O3. The van der Waals surface area contributed by atoms with Gasteiger partial charge in [0.25, 0.3) is 0 Å². The number of nitrogens with zero attached hydrogens (tertiary/aromatic N) is 7. The molecule has 4 heterocycles. The van der Waals surface area contributed by atoms with Crippen LogP contribution in [0, 0.1) is 5.82 Å². The molecule has 1 unspecified atom stereocenters. The number of anilines is 1. The molecule has 1 fully saturated rings. The van der Waals surface area contributed by atoms with Crippen LogP contribution >= 0.6 is 0 Å². The molecule has 0 aromatic carbocycles. The molecule has 0 saturated carbocycles. The normalized spacial score (nSPS) is 23.9. The van der Waals surface area contributed by atoms with Crippen LogP contribution in [-0.4, -0.2) is 91.2 Å². The zero-order valence-corrected chi connectivity index (χ0v) is 21.2. The van der Waals surface area contributed by atoms with Crippen molar-refractivity contribution in [1.82, 2.24) is 34.5 Å². The molecule has 0 spiro atoms. The molecule has 0 radical (unpaired) electrons. The number of carbonyl (C=O) groups is 1. The van der Waals surface area contributed by atoms with E-state index in [2.05, 4.69) is 25.7 Å². The van der Waals surface area contributed by atoms with Crippen molar-refractivity contribution < 1.29 is 27.8 Å². The van der Waals surface area contributed by atoms with E-state index >= 15 is 4.39 Å². The van der Waals surface area contributed by atoms with E-state index in [1.54, 1.807) is 13.0 Å². The fourth-order valence-electron chi connectivity index (χ4n) is 5.22. The second-order valence-electron chi connectivity index (χ2n) is 9.94. The third kappa shape index (κ3) is 4.36. The first-order chi connectivity index (χ1) is 18.2. The molecule has 2 N–H and O–H groups in total. The molecule has 14 heteroatoms. The van der Waals surface area contributed by atoms with Gasteiger partial charge in [-0.25, -0.2) is 22.4 Å². The number of aliphatic hydroxyl groups excluding tert-OH is 1. The summed E-state index contributed by atoms with van der Waals surface area (Å²) in [5.41, 5.74) is 1.03. The average molecular weight is 535 g/mol. The van der Waals surface area contributed by atoms with Crippen molar-refractivity contribution in [1.29, 1.82) is 0 Å². The zero-order chi connectivity index (χ0) is 27.2. The molecule has 4 atom stereocenters. The number of ether oxygens (including phenoxy) is 1. The molecular weight excluding hydrogens is 505 g/mol. The number of aliphatic hydroxyl groups is 1. The Morgan fingerprint density at radius 2 is 2.21 bits per heavy atom. The summed E-state index contributed by atoms with van der Waals surface area (Å²) in [6.07, 6.45) is 3.94. The SMILES string of the molecule is COc1nc(N[C@H]2CCN(C(=O)CO)C[C@H]2F)nn2cc(F)c(C3(C)C=Cc4nnn([C@H](C)CF)c4C3)c12. The van der Waals surface area contributed by atoms with E-state index in [4.69, 9.17) is 9.84 Å². The van der Waals surface area contributed by atoms with Crippen LogP contribution in [0.25, 0.3) is 11.6 Å². The topological polar surface area (TPSA) is 123 Å². The first-order valence-corrected chi connectivity index (χ1v) is 12.3. The van der Waals surface area contributed by atoms with Crippen molar-refractivity contribution in [3.05, 3.63) is 35.0 Å². The van der Waals surface area contributed by atoms with E-state index in [9.17, 15) is 13.6 Å². The number of likely N-dealkylation sites (tertiary alicyclic amines) is 1. The molecule has 5 rings (SSSR count). The number of rotatable bonds is 7. The van der Waals surface area contributed by atoms with Crippen LogP contribution in [-0.2, 0) is 16.6 Å². The second-order valence-corrected chi connectivity index (χ2v) is 9.94. The van der Waals surface area contributed by atoms with Gasteiger partial charge in [-0.3, -0.25) is 4.79 Å². The van der Waals surface area contributed by atoms with Crippen LogP contribution in [0.3, 0.4) is 0 Å². The number of nitrogens with one attached hydrogen (secondary N) is 1. The van der Waals surface area contributed by atoms with Gasteiger partial charge in [0.2, 0.25) is 17.7 Å². The van der Waals surface area contributed by atoms with Gasteiger partial charge in [0.05, 0.1) is 37.6 Å². The van der Waals surface area contributed by atoms with Crippen molar-refractivity contribution in [3.8, 4) is 5.88 Å². The van der Waals surface area contributed by atoms with Gasteiger partial charge in [-0.2, -0.15) is 4.98 Å². The highest BCUT2D eigenvalue weighted by Crippen LogP contribution is 2.41. The summed E-state index contributed by atoms with van der Waals surface area (Å²) in [5, 5.41) is 24.5. The molecule has 3 aromatic heterocycles. The number of allylic oxidation sites excluding steroid dienone is 1. The molecule has 2 aliphatic rings. The van der Waals surface area contributed by atoms with E-state index in [1.807, 2.05) is 13.0 Å². The molecule has 1 saturated heterocycles. The number of alkyl halides is 2. The zero-order valence-electron chi connectivity index (χ0n) is 21.2. The first-order valence-electron chi connectivity index (χ1n) is 12.3. The van der Waals surface area contributed by atoms with Crippen molar-refractivity contribution in [2.75, 3.05) is 38.8 Å². The number of piperidine rings is 1. The Labute approximate surface area is 216 Å². The van der Waals surface area contributed by atoms with Gasteiger partial charge in [0.1, 0.15) is 36.5 Å². The Morgan fingerprint density at radius 3 is 2.89 bits per heavy atom. The second kappa shape index (κ2) is 9.89. The van der Waals surface area contributed by atoms with Gasteiger partial charge in [-0.05, 0) is 19.4 Å². The number of amides is 1. The Morgan fingerprint density at radius 1 is 1.42 bits per heavy atom. The molecule has 0 bridgehead atoms. The summed E-state index contributed by atoms with van der Waals surface area (Å²) in [5.74, 6) is -0.941. The van der Waals surface area contributed by atoms with Gasteiger partial charge in [-0.15, -0.1) is 10.2 Å². The van der Waals surface area contributed by atoms with Crippen LogP contribution < -0.4 is 10.1 Å². The van der Waals surface area contributed by atoms with Gasteiger partial charge in [-0.1, -0.05) is 18.2 Å². The maximum Gasteiger partial charge on any atom is 0.248 e. The minimum Gasteiger partial charge on any atom is -0.479 e. The van der Waals surface area contributed by atoms with Gasteiger partial charge >= 0.3 is 0 Å². The lowest BCUT2D eigenvalue weighted by molar-refractivity contribution is -0.136. The van der Waals surface area contributed by atoms with Crippen molar-refractivity contribution >= 4 is 23.4 Å². The highest BCUT2D eigenvalue weighted by Gasteiger charge is 2.38. The Kier molecular flexibility index (Phi) is 6.75. The first kappa shape index (κ1) is 25.9. The van der Waals surface area contributed by atoms with Gasteiger partial charge < -0.3 is 20.1 Å². The molecule has 204 valence electrons. The molecule has 1 amide bonds. The molecule has 3 aromatic rings. The third-order valence-electron chi connectivity index (χ3n) is 7.27. The fourth-order valence-corrected chi connectivity index (χ4v) is 5.22. The standard InChI is InChI=1S/C24H29F3N8O3/c1-13(9-25)35-18-8-24(2,6-4-17(18)30-32-35)20-15(27)11-34-21(20)22(38-3)29-23(31-34)28-16-5-7-33(10-14(16)26)19(37)12-36/h4,6,11,13-14,16,36H,5,7-10,12H2,1-3H3,(H,28,31)/t13-,14-,16+,24?/m1/s1. The third-order valence-corrected chi connectivity index (χ3v) is 7.27. The van der Waals surface area contributed by atoms with Crippen LogP contribution in [0.2, 0.25) is 0 Å². The molecule has 11 nitrogen and oxygen atoms in total. The van der Waals surface area contributed by atoms with Gasteiger partial charge in [0, 0.05) is 23.9 Å². The maximum absolute atomic E-state index is 15.6.